The minimum atomic E-state index is 0.118. The van der Waals surface area contributed by atoms with Crippen molar-refractivity contribution in [2.45, 2.75) is 19.8 Å². The Kier molecular flexibility index (Phi) is 6.86. The molecule has 2 aliphatic heterocycles. The van der Waals surface area contributed by atoms with Crippen molar-refractivity contribution in [2.24, 2.45) is 4.99 Å². The highest BCUT2D eigenvalue weighted by molar-refractivity contribution is 6.22. The molecule has 7 heteroatoms. The molecule has 1 fully saturated rings. The van der Waals surface area contributed by atoms with Crippen molar-refractivity contribution >= 4 is 23.0 Å². The van der Waals surface area contributed by atoms with E-state index in [2.05, 4.69) is 35.7 Å². The molecule has 4 rings (SSSR count). The lowest BCUT2D eigenvalue weighted by atomic mass is 9.91. The fourth-order valence-corrected chi connectivity index (χ4v) is 4.44. The van der Waals surface area contributed by atoms with Gasteiger partial charge in [0, 0.05) is 62.7 Å². The van der Waals surface area contributed by atoms with Gasteiger partial charge in [0.05, 0.1) is 24.9 Å². The van der Waals surface area contributed by atoms with E-state index >= 15 is 0 Å². The fraction of sp³-hybridized carbons (Fsp3) is 0.480. The van der Waals surface area contributed by atoms with Crippen LogP contribution in [0.3, 0.4) is 0 Å². The van der Waals surface area contributed by atoms with Crippen LogP contribution in [0.25, 0.3) is 0 Å². The molecular formula is C25H33N5O2. The van der Waals surface area contributed by atoms with Crippen LogP contribution in [0.1, 0.15) is 34.8 Å². The minimum Gasteiger partial charge on any atom is -0.497 e. The minimum absolute atomic E-state index is 0.118. The Bertz CT molecular complexity index is 1010. The van der Waals surface area contributed by atoms with Crippen LogP contribution in [0, 0.1) is 0 Å². The molecule has 32 heavy (non-hydrogen) atoms. The lowest BCUT2D eigenvalue weighted by Gasteiger charge is -2.36. The third-order valence-corrected chi connectivity index (χ3v) is 6.28. The summed E-state index contributed by atoms with van der Waals surface area (Å²) >= 11 is 0. The zero-order chi connectivity index (χ0) is 22.7. The number of Topliss-reactive ketones (excluding diaryl/α,β-unsaturated/α-hetero) is 1. The number of hydrogen-bond donors (Lipinski definition) is 0. The van der Waals surface area contributed by atoms with Crippen molar-refractivity contribution in [3.8, 4) is 5.75 Å². The molecule has 2 aliphatic rings. The number of carbonyl (C=O) groups is 1. The van der Waals surface area contributed by atoms with Crippen molar-refractivity contribution in [3.63, 3.8) is 0 Å². The van der Waals surface area contributed by atoms with Gasteiger partial charge in [-0.15, -0.1) is 0 Å². The molecule has 1 aromatic carbocycles. The van der Waals surface area contributed by atoms with Gasteiger partial charge in [-0.25, -0.2) is 4.98 Å². The maximum absolute atomic E-state index is 13.1. The number of likely N-dealkylation sites (N-methyl/N-ethyl adjacent to an activating group) is 1. The van der Waals surface area contributed by atoms with Gasteiger partial charge in [-0.3, -0.25) is 14.7 Å². The van der Waals surface area contributed by atoms with Crippen LogP contribution in [0.15, 0.2) is 35.5 Å². The monoisotopic (exact) mass is 435 g/mol. The topological polar surface area (TPSA) is 61.3 Å². The van der Waals surface area contributed by atoms with Gasteiger partial charge in [-0.1, -0.05) is 6.92 Å². The zero-order valence-corrected chi connectivity index (χ0v) is 19.6. The number of nitrogens with zero attached hydrogens (tertiary/aromatic N) is 5. The molecule has 0 spiro atoms. The second kappa shape index (κ2) is 9.79. The van der Waals surface area contributed by atoms with Crippen LogP contribution in [-0.4, -0.2) is 86.8 Å². The lowest BCUT2D eigenvalue weighted by Crippen LogP contribution is -2.48. The normalized spacial score (nSPS) is 16.8. The largest absolute Gasteiger partial charge is 0.497 e. The summed E-state index contributed by atoms with van der Waals surface area (Å²) in [5.74, 6) is 1.78. The average molecular weight is 436 g/mol. The quantitative estimate of drug-likeness (QED) is 0.666. The Balaban J connectivity index is 1.61. The molecule has 1 saturated heterocycles. The number of aryl methyl sites for hydroxylation is 1. The summed E-state index contributed by atoms with van der Waals surface area (Å²) in [4.78, 5) is 29.8. The molecule has 0 amide bonds. The highest BCUT2D eigenvalue weighted by Crippen LogP contribution is 2.36. The Labute approximate surface area is 190 Å². The molecule has 170 valence electrons. The summed E-state index contributed by atoms with van der Waals surface area (Å²) in [6, 6.07) is 7.78. The molecule has 0 bridgehead atoms. The van der Waals surface area contributed by atoms with E-state index in [0.717, 1.165) is 79.7 Å². The number of pyridine rings is 1. The number of benzene rings is 1. The van der Waals surface area contributed by atoms with Gasteiger partial charge in [0.25, 0.3) is 0 Å². The Morgan fingerprint density at radius 2 is 1.94 bits per heavy atom. The maximum Gasteiger partial charge on any atom is 0.171 e. The van der Waals surface area contributed by atoms with Gasteiger partial charge in [0.15, 0.2) is 5.78 Å². The molecule has 0 atom stereocenters. The standard InChI is InChI=1S/C25H33N5O2/c1-5-18-15-19(32-4)16-22-24(18)23(31)17-21(27-22)20-7-6-8-26-25(20)30-13-11-29(12-14-30)10-9-28(2)3/h6-8,15-16H,5,9-14,17H2,1-4H3. The molecule has 1 aromatic heterocycles. The summed E-state index contributed by atoms with van der Waals surface area (Å²) in [6.45, 7) is 8.06. The van der Waals surface area contributed by atoms with Crippen LogP contribution in [0.2, 0.25) is 0 Å². The first-order valence-electron chi connectivity index (χ1n) is 11.4. The number of rotatable bonds is 7. The number of piperazine rings is 1. The van der Waals surface area contributed by atoms with E-state index in [1.165, 1.54) is 0 Å². The van der Waals surface area contributed by atoms with Gasteiger partial charge in [-0.2, -0.15) is 0 Å². The summed E-state index contributed by atoms with van der Waals surface area (Å²) in [6.07, 6.45) is 2.90. The highest BCUT2D eigenvalue weighted by atomic mass is 16.5. The van der Waals surface area contributed by atoms with Crippen LogP contribution < -0.4 is 9.64 Å². The van der Waals surface area contributed by atoms with Gasteiger partial charge >= 0.3 is 0 Å². The average Bonchev–Trinajstić information content (AvgIpc) is 2.82. The van der Waals surface area contributed by atoms with Gasteiger partial charge in [0.1, 0.15) is 11.6 Å². The molecule has 0 radical (unpaired) electrons. The maximum atomic E-state index is 13.1. The summed E-state index contributed by atoms with van der Waals surface area (Å²) < 4.78 is 5.45. The summed E-state index contributed by atoms with van der Waals surface area (Å²) in [5.41, 5.74) is 4.17. The number of fused-ring (bicyclic) bond motifs is 1. The molecule has 3 heterocycles. The lowest BCUT2D eigenvalue weighted by molar-refractivity contribution is 0.0999. The van der Waals surface area contributed by atoms with E-state index < -0.39 is 0 Å². The molecular weight excluding hydrogens is 402 g/mol. The Hall–Kier alpha value is -2.77. The number of ether oxygens (including phenoxy) is 1. The number of aliphatic imine (C=N–C) groups is 1. The van der Waals surface area contributed by atoms with E-state index in [-0.39, 0.29) is 5.78 Å². The molecule has 0 unspecified atom stereocenters. The number of aromatic nitrogens is 1. The third kappa shape index (κ3) is 4.69. The van der Waals surface area contributed by atoms with Crippen LogP contribution in [0.4, 0.5) is 11.5 Å². The van der Waals surface area contributed by atoms with Crippen LogP contribution >= 0.6 is 0 Å². The molecule has 7 nitrogen and oxygen atoms in total. The van der Waals surface area contributed by atoms with Crippen molar-refractivity contribution in [2.75, 3.05) is 65.4 Å². The number of ketones is 1. The fourth-order valence-electron chi connectivity index (χ4n) is 4.44. The number of hydrogen-bond acceptors (Lipinski definition) is 7. The predicted octanol–water partition coefficient (Wildman–Crippen LogP) is 3.04. The number of carbonyl (C=O) groups excluding carboxylic acids is 1. The van der Waals surface area contributed by atoms with E-state index in [9.17, 15) is 4.79 Å². The van der Waals surface area contributed by atoms with Crippen LogP contribution in [-0.2, 0) is 6.42 Å². The molecule has 0 aliphatic carbocycles. The molecule has 0 N–H and O–H groups in total. The van der Waals surface area contributed by atoms with Crippen molar-refractivity contribution in [1.29, 1.82) is 0 Å². The first-order chi connectivity index (χ1) is 15.5. The number of anilines is 1. The predicted molar refractivity (Wildman–Crippen MR) is 129 cm³/mol. The van der Waals surface area contributed by atoms with E-state index in [4.69, 9.17) is 14.7 Å². The second-order valence-corrected chi connectivity index (χ2v) is 8.70. The Morgan fingerprint density at radius 3 is 2.62 bits per heavy atom. The first-order valence-corrected chi connectivity index (χ1v) is 11.4. The van der Waals surface area contributed by atoms with E-state index in [1.807, 2.05) is 30.5 Å². The SMILES string of the molecule is CCc1cc(OC)cc2c1C(=O)CC(c1cccnc1N1CCN(CCN(C)C)CC1)=N2. The summed E-state index contributed by atoms with van der Waals surface area (Å²) in [5, 5.41) is 0. The van der Waals surface area contributed by atoms with Crippen molar-refractivity contribution in [3.05, 3.63) is 47.2 Å². The van der Waals surface area contributed by atoms with Gasteiger partial charge in [0.2, 0.25) is 0 Å². The smallest absolute Gasteiger partial charge is 0.171 e. The highest BCUT2D eigenvalue weighted by Gasteiger charge is 2.28. The first kappa shape index (κ1) is 22.4. The Morgan fingerprint density at radius 1 is 1.16 bits per heavy atom. The van der Waals surface area contributed by atoms with E-state index in [1.54, 1.807) is 7.11 Å². The van der Waals surface area contributed by atoms with Crippen molar-refractivity contribution in [1.82, 2.24) is 14.8 Å². The van der Waals surface area contributed by atoms with E-state index in [0.29, 0.717) is 12.1 Å². The van der Waals surface area contributed by atoms with Crippen LogP contribution in [0.5, 0.6) is 5.75 Å². The second-order valence-electron chi connectivity index (χ2n) is 8.70. The molecule has 2 aromatic rings. The van der Waals surface area contributed by atoms with Gasteiger partial charge in [-0.05, 0) is 44.3 Å². The number of methoxy groups -OCH3 is 1. The molecule has 0 saturated carbocycles. The summed E-state index contributed by atoms with van der Waals surface area (Å²) in [7, 11) is 5.87. The van der Waals surface area contributed by atoms with Crippen molar-refractivity contribution < 1.29 is 9.53 Å². The third-order valence-electron chi connectivity index (χ3n) is 6.28. The van der Waals surface area contributed by atoms with Gasteiger partial charge < -0.3 is 14.5 Å². The zero-order valence-electron chi connectivity index (χ0n) is 19.6.